The van der Waals surface area contributed by atoms with Crippen LogP contribution in [0.25, 0.3) is 10.2 Å². The monoisotopic (exact) mass is 387 g/mol. The maximum Gasteiger partial charge on any atom is 0.177 e. The summed E-state index contributed by atoms with van der Waals surface area (Å²) in [6.07, 6.45) is 4.37. The fourth-order valence-electron chi connectivity index (χ4n) is 3.52. The van der Waals surface area contributed by atoms with E-state index in [0.717, 1.165) is 42.7 Å². The number of pyridine rings is 1. The molecular formula is C19H21N3O2S2. The van der Waals surface area contributed by atoms with E-state index in [4.69, 9.17) is 0 Å². The third-order valence-electron chi connectivity index (χ3n) is 5.15. The smallest absolute Gasteiger partial charge is 0.177 e. The summed E-state index contributed by atoms with van der Waals surface area (Å²) >= 11 is 1.66. The number of rotatable bonds is 3. The summed E-state index contributed by atoms with van der Waals surface area (Å²) in [5.74, 6) is 0. The largest absolute Gasteiger partial charge is 0.296 e. The van der Waals surface area contributed by atoms with Gasteiger partial charge in [0.1, 0.15) is 0 Å². The van der Waals surface area contributed by atoms with Gasteiger partial charge in [-0.15, -0.1) is 11.3 Å². The molecule has 0 saturated carbocycles. The average molecular weight is 388 g/mol. The molecule has 136 valence electrons. The summed E-state index contributed by atoms with van der Waals surface area (Å²) in [5.41, 5.74) is 6.27. The Hall–Kier alpha value is -1.83. The van der Waals surface area contributed by atoms with Gasteiger partial charge in [-0.2, -0.15) is 0 Å². The van der Waals surface area contributed by atoms with Crippen LogP contribution in [0.2, 0.25) is 0 Å². The number of hydrogen-bond acceptors (Lipinski definition) is 6. The highest BCUT2D eigenvalue weighted by Crippen LogP contribution is 2.28. The van der Waals surface area contributed by atoms with Gasteiger partial charge in [-0.05, 0) is 42.7 Å². The molecule has 2 aromatic heterocycles. The van der Waals surface area contributed by atoms with E-state index in [1.807, 2.05) is 5.51 Å². The fourth-order valence-corrected chi connectivity index (χ4v) is 4.78. The van der Waals surface area contributed by atoms with Gasteiger partial charge in [0, 0.05) is 43.7 Å². The van der Waals surface area contributed by atoms with Crippen molar-refractivity contribution in [2.45, 2.75) is 30.7 Å². The molecule has 1 atom stereocenters. The second-order valence-corrected chi connectivity index (χ2v) is 9.74. The summed E-state index contributed by atoms with van der Waals surface area (Å²) in [4.78, 5) is 11.6. The Bertz CT molecular complexity index is 1060. The Morgan fingerprint density at radius 3 is 2.77 bits per heavy atom. The summed E-state index contributed by atoms with van der Waals surface area (Å²) < 4.78 is 24.8. The van der Waals surface area contributed by atoms with Crippen LogP contribution in [0.3, 0.4) is 0 Å². The van der Waals surface area contributed by atoms with Crippen LogP contribution in [-0.2, 0) is 22.7 Å². The molecule has 1 aliphatic heterocycles. The summed E-state index contributed by atoms with van der Waals surface area (Å²) in [6, 6.07) is 8.58. The SMILES string of the molecule is CC(c1ccc2scnc2c1)N1CCc2cc(S(C)(=O)=O)cnc2CC1. The van der Waals surface area contributed by atoms with Gasteiger partial charge in [-0.1, -0.05) is 6.07 Å². The lowest BCUT2D eigenvalue weighted by Crippen LogP contribution is -2.29. The standard InChI is InChI=1S/C19H21N3O2S2/c1-13(14-3-4-19-18(10-14)21-12-25-19)22-7-5-15-9-16(26(2,23)24)11-20-17(15)6-8-22/h3-4,9-13H,5-8H2,1-2H3. The summed E-state index contributed by atoms with van der Waals surface area (Å²) in [5, 5.41) is 0. The number of sulfone groups is 1. The first-order valence-corrected chi connectivity index (χ1v) is 11.4. The fraction of sp³-hybridized carbons (Fsp3) is 0.368. The molecule has 0 saturated heterocycles. The molecule has 7 heteroatoms. The van der Waals surface area contributed by atoms with E-state index >= 15 is 0 Å². The Labute approximate surface area is 157 Å². The highest BCUT2D eigenvalue weighted by atomic mass is 32.2. The second kappa shape index (κ2) is 6.72. The molecule has 5 nitrogen and oxygen atoms in total. The van der Waals surface area contributed by atoms with Crippen molar-refractivity contribution < 1.29 is 8.42 Å². The number of thiazole rings is 1. The molecule has 0 aliphatic carbocycles. The molecule has 3 heterocycles. The van der Waals surface area contributed by atoms with Gasteiger partial charge >= 0.3 is 0 Å². The normalized spacial score (nSPS) is 17.0. The van der Waals surface area contributed by atoms with E-state index < -0.39 is 9.84 Å². The number of benzene rings is 1. The highest BCUT2D eigenvalue weighted by molar-refractivity contribution is 7.90. The van der Waals surface area contributed by atoms with E-state index in [2.05, 4.69) is 40.0 Å². The van der Waals surface area contributed by atoms with Crippen LogP contribution in [0.1, 0.15) is 29.8 Å². The lowest BCUT2D eigenvalue weighted by Gasteiger charge is -2.27. The van der Waals surface area contributed by atoms with Crippen LogP contribution in [0, 0.1) is 0 Å². The molecule has 4 rings (SSSR count). The lowest BCUT2D eigenvalue weighted by atomic mass is 10.1. The van der Waals surface area contributed by atoms with Crippen LogP contribution in [0.4, 0.5) is 0 Å². The molecule has 3 aromatic rings. The first-order chi connectivity index (χ1) is 12.4. The van der Waals surface area contributed by atoms with Crippen LogP contribution in [0.5, 0.6) is 0 Å². The van der Waals surface area contributed by atoms with Crippen molar-refractivity contribution in [2.24, 2.45) is 0 Å². The minimum absolute atomic E-state index is 0.282. The third kappa shape index (κ3) is 3.39. The van der Waals surface area contributed by atoms with Crippen LogP contribution in [0.15, 0.2) is 40.9 Å². The molecule has 0 bridgehead atoms. The molecule has 0 amide bonds. The number of aromatic nitrogens is 2. The molecule has 0 spiro atoms. The number of hydrogen-bond donors (Lipinski definition) is 0. The zero-order valence-electron chi connectivity index (χ0n) is 14.8. The van der Waals surface area contributed by atoms with E-state index in [9.17, 15) is 8.42 Å². The first kappa shape index (κ1) is 17.6. The molecular weight excluding hydrogens is 366 g/mol. The maximum atomic E-state index is 11.8. The van der Waals surface area contributed by atoms with Crippen molar-refractivity contribution in [3.63, 3.8) is 0 Å². The topological polar surface area (TPSA) is 63.2 Å². The van der Waals surface area contributed by atoms with Gasteiger partial charge in [-0.3, -0.25) is 9.88 Å². The van der Waals surface area contributed by atoms with E-state index in [-0.39, 0.29) is 6.04 Å². The predicted octanol–water partition coefficient (Wildman–Crippen LogP) is 3.26. The zero-order valence-corrected chi connectivity index (χ0v) is 16.5. The molecule has 1 aromatic carbocycles. The van der Waals surface area contributed by atoms with Crippen molar-refractivity contribution in [3.05, 3.63) is 52.8 Å². The third-order valence-corrected chi connectivity index (χ3v) is 7.04. The minimum atomic E-state index is -3.22. The van der Waals surface area contributed by atoms with Crippen molar-refractivity contribution in [2.75, 3.05) is 19.3 Å². The molecule has 1 aliphatic rings. The Morgan fingerprint density at radius 1 is 1.15 bits per heavy atom. The van der Waals surface area contributed by atoms with Crippen LogP contribution >= 0.6 is 11.3 Å². The first-order valence-electron chi connectivity index (χ1n) is 8.67. The van der Waals surface area contributed by atoms with Gasteiger partial charge < -0.3 is 0 Å². The van der Waals surface area contributed by atoms with E-state index in [0.29, 0.717) is 4.90 Å². The lowest BCUT2D eigenvalue weighted by molar-refractivity contribution is 0.221. The molecule has 26 heavy (non-hydrogen) atoms. The van der Waals surface area contributed by atoms with Crippen LogP contribution < -0.4 is 0 Å². The Kier molecular flexibility index (Phi) is 4.54. The van der Waals surface area contributed by atoms with Crippen molar-refractivity contribution in [3.8, 4) is 0 Å². The molecule has 0 fully saturated rings. The maximum absolute atomic E-state index is 11.8. The molecule has 0 radical (unpaired) electrons. The number of fused-ring (bicyclic) bond motifs is 2. The van der Waals surface area contributed by atoms with Crippen molar-refractivity contribution >= 4 is 31.4 Å². The van der Waals surface area contributed by atoms with Gasteiger partial charge in [-0.25, -0.2) is 13.4 Å². The summed E-state index contributed by atoms with van der Waals surface area (Å²) in [7, 11) is -3.22. The zero-order chi connectivity index (χ0) is 18.3. The Balaban J connectivity index is 1.56. The van der Waals surface area contributed by atoms with E-state index in [1.54, 1.807) is 17.4 Å². The summed E-state index contributed by atoms with van der Waals surface area (Å²) in [6.45, 7) is 4.02. The van der Waals surface area contributed by atoms with E-state index in [1.165, 1.54) is 22.7 Å². The van der Waals surface area contributed by atoms with Gasteiger partial charge in [0.15, 0.2) is 9.84 Å². The van der Waals surface area contributed by atoms with Gasteiger partial charge in [0.05, 0.1) is 20.6 Å². The quantitative estimate of drug-likeness (QED) is 0.690. The second-order valence-electron chi connectivity index (χ2n) is 6.84. The van der Waals surface area contributed by atoms with Crippen molar-refractivity contribution in [1.29, 1.82) is 0 Å². The van der Waals surface area contributed by atoms with Gasteiger partial charge in [0.25, 0.3) is 0 Å². The van der Waals surface area contributed by atoms with Crippen LogP contribution in [-0.4, -0.2) is 42.6 Å². The Morgan fingerprint density at radius 2 is 1.96 bits per heavy atom. The minimum Gasteiger partial charge on any atom is -0.296 e. The molecule has 1 unspecified atom stereocenters. The highest BCUT2D eigenvalue weighted by Gasteiger charge is 2.22. The predicted molar refractivity (Wildman–Crippen MR) is 104 cm³/mol. The number of nitrogens with zero attached hydrogens (tertiary/aromatic N) is 3. The molecule has 0 N–H and O–H groups in total. The van der Waals surface area contributed by atoms with Gasteiger partial charge in [0.2, 0.25) is 0 Å². The average Bonchev–Trinajstić information content (AvgIpc) is 2.98. The van der Waals surface area contributed by atoms with Crippen molar-refractivity contribution in [1.82, 2.24) is 14.9 Å².